The fourth-order valence-electron chi connectivity index (χ4n) is 1.29. The van der Waals surface area contributed by atoms with Crippen molar-refractivity contribution >= 4 is 10.8 Å². The Morgan fingerprint density at radius 2 is 1.57 bits per heavy atom. The summed E-state index contributed by atoms with van der Waals surface area (Å²) < 4.78 is 14.6. The Morgan fingerprint density at radius 3 is 2.21 bits per heavy atom. The zero-order valence-electron chi connectivity index (χ0n) is 8.33. The molecule has 0 atom stereocenters. The monoisotopic (exact) mass is 192 g/mol. The molecule has 0 aliphatic carbocycles. The molecule has 0 amide bonds. The lowest BCUT2D eigenvalue weighted by atomic mass is 10.1. The van der Waals surface area contributed by atoms with Crippen LogP contribution in [-0.2, 0) is 0 Å². The van der Waals surface area contributed by atoms with Crippen molar-refractivity contribution in [1.29, 1.82) is 0 Å². The normalized spacial score (nSPS) is 9.07. The number of alkyl halides is 1. The highest BCUT2D eigenvalue weighted by Crippen LogP contribution is 2.19. The highest BCUT2D eigenvalue weighted by molar-refractivity contribution is 5.83. The average Bonchev–Trinajstić information content (AvgIpc) is 2.31. The van der Waals surface area contributed by atoms with E-state index in [4.69, 9.17) is 4.74 Å². The largest absolute Gasteiger partial charge is 0.497 e. The van der Waals surface area contributed by atoms with E-state index >= 15 is 0 Å². The molecule has 2 aromatic carbocycles. The van der Waals surface area contributed by atoms with Crippen LogP contribution in [0.3, 0.4) is 0 Å². The van der Waals surface area contributed by atoms with Crippen molar-refractivity contribution in [3.05, 3.63) is 42.5 Å². The molecule has 0 saturated heterocycles. The Hall–Kier alpha value is -1.57. The van der Waals surface area contributed by atoms with E-state index in [0.29, 0.717) is 7.18 Å². The standard InChI is InChI=1S/C11H10O.CH3F/c1-12-11-7-6-9-4-2-3-5-10(9)8-11;1-2/h2-8H,1H3;1H3. The summed E-state index contributed by atoms with van der Waals surface area (Å²) in [6, 6.07) is 14.3. The predicted molar refractivity (Wildman–Crippen MR) is 57.5 cm³/mol. The van der Waals surface area contributed by atoms with Gasteiger partial charge in [0.05, 0.1) is 14.3 Å². The number of fused-ring (bicyclic) bond motifs is 1. The molecule has 0 N–H and O–H groups in total. The molecular weight excluding hydrogens is 179 g/mol. The lowest BCUT2D eigenvalue weighted by Gasteiger charge is -2.00. The highest BCUT2D eigenvalue weighted by Gasteiger charge is 1.93. The van der Waals surface area contributed by atoms with Crippen LogP contribution in [0.15, 0.2) is 42.5 Å². The van der Waals surface area contributed by atoms with E-state index in [1.807, 2.05) is 24.3 Å². The first-order chi connectivity index (χ1) is 6.90. The van der Waals surface area contributed by atoms with Crippen LogP contribution >= 0.6 is 0 Å². The van der Waals surface area contributed by atoms with Gasteiger partial charge >= 0.3 is 0 Å². The molecule has 74 valence electrons. The number of hydrogen-bond acceptors (Lipinski definition) is 1. The molecule has 0 aliphatic rings. The molecule has 0 heterocycles. The lowest BCUT2D eigenvalue weighted by Crippen LogP contribution is -1.81. The Bertz CT molecular complexity index is 398. The first-order valence-corrected chi connectivity index (χ1v) is 4.31. The second kappa shape index (κ2) is 5.22. The van der Waals surface area contributed by atoms with Gasteiger partial charge in [0, 0.05) is 0 Å². The molecule has 0 aliphatic heterocycles. The molecule has 2 heteroatoms. The Morgan fingerprint density at radius 1 is 0.929 bits per heavy atom. The maximum absolute atomic E-state index is 9.50. The van der Waals surface area contributed by atoms with Crippen molar-refractivity contribution in [3.63, 3.8) is 0 Å². The zero-order chi connectivity index (χ0) is 10.4. The van der Waals surface area contributed by atoms with E-state index in [9.17, 15) is 4.39 Å². The fraction of sp³-hybridized carbons (Fsp3) is 0.167. The van der Waals surface area contributed by atoms with Crippen LogP contribution in [0.1, 0.15) is 0 Å². The first kappa shape index (κ1) is 10.5. The van der Waals surface area contributed by atoms with E-state index in [1.165, 1.54) is 10.8 Å². The third kappa shape index (κ3) is 2.22. The first-order valence-electron chi connectivity index (χ1n) is 4.31. The summed E-state index contributed by atoms with van der Waals surface area (Å²) in [4.78, 5) is 0. The van der Waals surface area contributed by atoms with Crippen LogP contribution in [0.2, 0.25) is 0 Å². The van der Waals surface area contributed by atoms with Gasteiger partial charge in [-0.05, 0) is 22.9 Å². The minimum Gasteiger partial charge on any atom is -0.497 e. The molecule has 0 aromatic heterocycles. The maximum atomic E-state index is 9.50. The van der Waals surface area contributed by atoms with Gasteiger partial charge in [0.25, 0.3) is 0 Å². The number of ether oxygens (including phenoxy) is 1. The summed E-state index contributed by atoms with van der Waals surface area (Å²) in [6.45, 7) is 0. The number of halogens is 1. The van der Waals surface area contributed by atoms with Crippen molar-refractivity contribution in [3.8, 4) is 5.75 Å². The predicted octanol–water partition coefficient (Wildman–Crippen LogP) is 3.43. The molecule has 0 spiro atoms. The van der Waals surface area contributed by atoms with Crippen LogP contribution in [-0.4, -0.2) is 14.3 Å². The third-order valence-electron chi connectivity index (χ3n) is 1.96. The molecular formula is C12H13FO. The van der Waals surface area contributed by atoms with Crippen molar-refractivity contribution in [1.82, 2.24) is 0 Å². The van der Waals surface area contributed by atoms with Crippen LogP contribution in [0.25, 0.3) is 10.8 Å². The molecule has 2 rings (SSSR count). The number of methoxy groups -OCH3 is 1. The van der Waals surface area contributed by atoms with Crippen LogP contribution in [0, 0.1) is 0 Å². The topological polar surface area (TPSA) is 9.23 Å². The summed E-state index contributed by atoms with van der Waals surface area (Å²) in [5.74, 6) is 0.911. The SMILES string of the molecule is CF.COc1ccc2ccccc2c1. The van der Waals surface area contributed by atoms with Gasteiger partial charge in [0.15, 0.2) is 0 Å². The van der Waals surface area contributed by atoms with E-state index in [0.717, 1.165) is 5.75 Å². The van der Waals surface area contributed by atoms with Crippen LogP contribution in [0.5, 0.6) is 5.75 Å². The van der Waals surface area contributed by atoms with Crippen LogP contribution < -0.4 is 4.74 Å². The second-order valence-electron chi connectivity index (χ2n) is 2.71. The Kier molecular flexibility index (Phi) is 3.92. The summed E-state index contributed by atoms with van der Waals surface area (Å²) in [5, 5.41) is 2.47. The van der Waals surface area contributed by atoms with Gasteiger partial charge in [-0.3, -0.25) is 4.39 Å². The highest BCUT2D eigenvalue weighted by atomic mass is 19.1. The van der Waals surface area contributed by atoms with E-state index in [-0.39, 0.29) is 0 Å². The molecule has 0 fully saturated rings. The van der Waals surface area contributed by atoms with Gasteiger partial charge < -0.3 is 4.74 Å². The number of hydrogen-bond donors (Lipinski definition) is 0. The summed E-state index contributed by atoms with van der Waals surface area (Å²) in [6.07, 6.45) is 0. The molecule has 14 heavy (non-hydrogen) atoms. The third-order valence-corrected chi connectivity index (χ3v) is 1.96. The van der Waals surface area contributed by atoms with Gasteiger partial charge in [-0.15, -0.1) is 0 Å². The Balaban J connectivity index is 0.000000461. The van der Waals surface area contributed by atoms with E-state index in [2.05, 4.69) is 18.2 Å². The quantitative estimate of drug-likeness (QED) is 0.672. The lowest BCUT2D eigenvalue weighted by molar-refractivity contribution is 0.415. The van der Waals surface area contributed by atoms with Crippen molar-refractivity contribution < 1.29 is 9.13 Å². The second-order valence-corrected chi connectivity index (χ2v) is 2.71. The number of rotatable bonds is 1. The number of benzene rings is 2. The molecule has 1 nitrogen and oxygen atoms in total. The molecule has 0 saturated carbocycles. The maximum Gasteiger partial charge on any atom is 0.119 e. The zero-order valence-corrected chi connectivity index (χ0v) is 8.33. The van der Waals surface area contributed by atoms with E-state index < -0.39 is 0 Å². The van der Waals surface area contributed by atoms with E-state index in [1.54, 1.807) is 7.11 Å². The van der Waals surface area contributed by atoms with Gasteiger partial charge in [0.1, 0.15) is 5.75 Å². The average molecular weight is 192 g/mol. The smallest absolute Gasteiger partial charge is 0.119 e. The van der Waals surface area contributed by atoms with Gasteiger partial charge in [-0.2, -0.15) is 0 Å². The Labute approximate surface area is 83.1 Å². The van der Waals surface area contributed by atoms with Gasteiger partial charge in [0.2, 0.25) is 0 Å². The molecule has 0 radical (unpaired) electrons. The van der Waals surface area contributed by atoms with Crippen LogP contribution in [0.4, 0.5) is 4.39 Å². The van der Waals surface area contributed by atoms with Gasteiger partial charge in [-0.1, -0.05) is 30.3 Å². The molecule has 2 aromatic rings. The molecule has 0 unspecified atom stereocenters. The van der Waals surface area contributed by atoms with Crippen molar-refractivity contribution in [2.45, 2.75) is 0 Å². The molecule has 0 bridgehead atoms. The van der Waals surface area contributed by atoms with Crippen molar-refractivity contribution in [2.75, 3.05) is 14.3 Å². The fourth-order valence-corrected chi connectivity index (χ4v) is 1.29. The minimum atomic E-state index is 0.500. The van der Waals surface area contributed by atoms with Crippen molar-refractivity contribution in [2.24, 2.45) is 0 Å². The summed E-state index contributed by atoms with van der Waals surface area (Å²) in [5.41, 5.74) is 0. The summed E-state index contributed by atoms with van der Waals surface area (Å²) >= 11 is 0. The minimum absolute atomic E-state index is 0.500. The summed E-state index contributed by atoms with van der Waals surface area (Å²) in [7, 11) is 2.18. The van der Waals surface area contributed by atoms with Gasteiger partial charge in [-0.25, -0.2) is 0 Å².